The molecular weight excluding hydrogens is 546 g/mol. The second-order valence-electron chi connectivity index (χ2n) is 11.7. The third-order valence-electron chi connectivity index (χ3n) is 8.84. The van der Waals surface area contributed by atoms with Gasteiger partial charge in [-0.25, -0.2) is 4.98 Å². The Labute approximate surface area is 255 Å². The number of nitrogens with one attached hydrogen (secondary N) is 3. The first kappa shape index (κ1) is 31.0. The van der Waals surface area contributed by atoms with Crippen LogP contribution < -0.4 is 30.5 Å². The van der Waals surface area contributed by atoms with Crippen LogP contribution in [0.4, 0.5) is 23.1 Å². The Bertz CT molecular complexity index is 1250. The lowest BCUT2D eigenvalue weighted by atomic mass is 10.1. The van der Waals surface area contributed by atoms with Crippen molar-refractivity contribution in [3.63, 3.8) is 0 Å². The molecule has 0 bridgehead atoms. The summed E-state index contributed by atoms with van der Waals surface area (Å²) in [5.74, 6) is 1.64. The zero-order valence-corrected chi connectivity index (χ0v) is 25.9. The van der Waals surface area contributed by atoms with Gasteiger partial charge in [0.25, 0.3) is 5.91 Å². The zero-order chi connectivity index (χ0) is 30.2. The predicted octanol–water partition coefficient (Wildman–Crippen LogP) is 2.30. The highest BCUT2D eigenvalue weighted by molar-refractivity contribution is 6.02. The molecule has 1 aromatic carbocycles. The van der Waals surface area contributed by atoms with E-state index in [1.54, 1.807) is 37.4 Å². The number of carbonyl (C=O) groups excluding carboxylic acids is 2. The van der Waals surface area contributed by atoms with Crippen molar-refractivity contribution in [2.75, 3.05) is 95.2 Å². The monoisotopic (exact) mass is 593 g/mol. The number of aromatic nitrogens is 2. The fourth-order valence-corrected chi connectivity index (χ4v) is 6.23. The van der Waals surface area contributed by atoms with Gasteiger partial charge in [0.1, 0.15) is 11.4 Å². The van der Waals surface area contributed by atoms with Crippen LogP contribution in [0.25, 0.3) is 0 Å². The summed E-state index contributed by atoms with van der Waals surface area (Å²) < 4.78 is 5.62. The van der Waals surface area contributed by atoms with Gasteiger partial charge in [0.2, 0.25) is 11.9 Å². The van der Waals surface area contributed by atoms with Crippen LogP contribution in [0.15, 0.2) is 24.4 Å². The van der Waals surface area contributed by atoms with Crippen LogP contribution in [0, 0.1) is 0 Å². The Morgan fingerprint density at radius 2 is 1.74 bits per heavy atom. The molecule has 1 saturated heterocycles. The summed E-state index contributed by atoms with van der Waals surface area (Å²) in [7, 11) is 5.35. The molecule has 12 nitrogen and oxygen atoms in total. The molecule has 0 spiro atoms. The number of methoxy groups -OCH3 is 1. The van der Waals surface area contributed by atoms with Gasteiger partial charge in [0, 0.05) is 51.4 Å². The van der Waals surface area contributed by atoms with E-state index in [4.69, 9.17) is 9.72 Å². The van der Waals surface area contributed by atoms with E-state index in [9.17, 15) is 9.59 Å². The number of likely N-dealkylation sites (N-methyl/N-ethyl adjacent to an activating group) is 1. The largest absolute Gasteiger partial charge is 0.495 e. The van der Waals surface area contributed by atoms with Gasteiger partial charge in [0.05, 0.1) is 25.5 Å². The van der Waals surface area contributed by atoms with E-state index < -0.39 is 0 Å². The van der Waals surface area contributed by atoms with Crippen molar-refractivity contribution < 1.29 is 14.3 Å². The Hall–Kier alpha value is -3.48. The second kappa shape index (κ2) is 14.8. The molecule has 2 aromatic rings. The lowest BCUT2D eigenvalue weighted by Gasteiger charge is -2.37. The SMILES string of the molecule is CNCCCN1CCN(CCCNC(=O)c2ccc(Nc3ncc4c(n3)N(C3CCCC3)CC(=O)N4C)c(OC)c2)CC1. The minimum atomic E-state index is -0.121. The fourth-order valence-electron chi connectivity index (χ4n) is 6.23. The number of piperazine rings is 1. The molecule has 3 aliphatic rings. The molecule has 2 aliphatic heterocycles. The second-order valence-corrected chi connectivity index (χ2v) is 11.7. The molecule has 1 aromatic heterocycles. The predicted molar refractivity (Wildman–Crippen MR) is 170 cm³/mol. The Morgan fingerprint density at radius 1 is 1.05 bits per heavy atom. The van der Waals surface area contributed by atoms with Crippen LogP contribution >= 0.6 is 0 Å². The van der Waals surface area contributed by atoms with Gasteiger partial charge in [-0.05, 0) is 70.6 Å². The third kappa shape index (κ3) is 7.73. The third-order valence-corrected chi connectivity index (χ3v) is 8.84. The van der Waals surface area contributed by atoms with Crippen LogP contribution in [0.2, 0.25) is 0 Å². The standard InChI is InChI=1S/C31H47N9O3/c1-32-12-6-14-38-16-18-39(19-17-38)15-7-13-33-30(42)23-10-11-25(27(20-23)43-3)35-31-34-21-26-29(36-31)40(22-28(41)37(26)2)24-8-4-5-9-24/h10-11,20-21,24,32H,4-9,12-19,22H2,1-3H3,(H,33,42)(H,34,35,36). The maximum Gasteiger partial charge on any atom is 0.251 e. The minimum Gasteiger partial charge on any atom is -0.495 e. The summed E-state index contributed by atoms with van der Waals surface area (Å²) in [6, 6.07) is 5.65. The van der Waals surface area contributed by atoms with E-state index >= 15 is 0 Å². The van der Waals surface area contributed by atoms with Crippen molar-refractivity contribution in [1.29, 1.82) is 0 Å². The molecule has 2 amide bonds. The maximum absolute atomic E-state index is 12.9. The van der Waals surface area contributed by atoms with Crippen molar-refractivity contribution >= 4 is 35.0 Å². The topological polar surface area (TPSA) is 118 Å². The lowest BCUT2D eigenvalue weighted by Crippen LogP contribution is -2.48. The van der Waals surface area contributed by atoms with Gasteiger partial charge in [-0.3, -0.25) is 9.59 Å². The molecule has 2 fully saturated rings. The summed E-state index contributed by atoms with van der Waals surface area (Å²) in [5, 5.41) is 9.53. The molecule has 234 valence electrons. The van der Waals surface area contributed by atoms with E-state index in [2.05, 4.69) is 35.6 Å². The summed E-state index contributed by atoms with van der Waals surface area (Å²) in [4.78, 5) is 43.6. The normalized spacial score (nSPS) is 18.2. The van der Waals surface area contributed by atoms with Crippen LogP contribution in [0.5, 0.6) is 5.75 Å². The zero-order valence-electron chi connectivity index (χ0n) is 25.9. The Morgan fingerprint density at radius 3 is 2.42 bits per heavy atom. The quantitative estimate of drug-likeness (QED) is 0.299. The van der Waals surface area contributed by atoms with E-state index in [1.165, 1.54) is 19.3 Å². The van der Waals surface area contributed by atoms with Gasteiger partial charge in [-0.1, -0.05) is 12.8 Å². The smallest absolute Gasteiger partial charge is 0.251 e. The average molecular weight is 594 g/mol. The first-order valence-corrected chi connectivity index (χ1v) is 15.7. The van der Waals surface area contributed by atoms with Crippen molar-refractivity contribution in [2.45, 2.75) is 44.6 Å². The van der Waals surface area contributed by atoms with Crippen LogP contribution in [0.1, 0.15) is 48.9 Å². The number of amides is 2. The first-order valence-electron chi connectivity index (χ1n) is 15.7. The summed E-state index contributed by atoms with van der Waals surface area (Å²) in [5.41, 5.74) is 1.92. The molecule has 5 rings (SSSR count). The molecule has 3 N–H and O–H groups in total. The Balaban J connectivity index is 1.14. The Kier molecular flexibility index (Phi) is 10.7. The minimum absolute atomic E-state index is 0.0494. The maximum atomic E-state index is 12.9. The number of hydrogen-bond donors (Lipinski definition) is 3. The van der Waals surface area contributed by atoms with Crippen LogP contribution in [-0.4, -0.2) is 118 Å². The molecule has 0 unspecified atom stereocenters. The fraction of sp³-hybridized carbons (Fsp3) is 0.613. The van der Waals surface area contributed by atoms with Gasteiger partial charge >= 0.3 is 0 Å². The number of nitrogens with zero attached hydrogens (tertiary/aromatic N) is 6. The summed E-state index contributed by atoms with van der Waals surface area (Å²) >= 11 is 0. The molecule has 1 aliphatic carbocycles. The van der Waals surface area contributed by atoms with Gasteiger partial charge in [-0.15, -0.1) is 0 Å². The number of hydrogen-bond acceptors (Lipinski definition) is 10. The highest BCUT2D eigenvalue weighted by Crippen LogP contribution is 2.37. The molecule has 0 atom stereocenters. The van der Waals surface area contributed by atoms with Gasteiger partial charge < -0.3 is 40.3 Å². The van der Waals surface area contributed by atoms with E-state index in [0.717, 1.165) is 76.6 Å². The number of benzene rings is 1. The summed E-state index contributed by atoms with van der Waals surface area (Å²) in [6.45, 7) is 8.55. The van der Waals surface area contributed by atoms with Gasteiger partial charge in [0.15, 0.2) is 5.82 Å². The highest BCUT2D eigenvalue weighted by Gasteiger charge is 2.34. The number of rotatable bonds is 13. The molecular formula is C31H47N9O3. The van der Waals surface area contributed by atoms with Crippen molar-refractivity contribution in [1.82, 2.24) is 30.4 Å². The molecule has 1 saturated carbocycles. The van der Waals surface area contributed by atoms with E-state index in [0.29, 0.717) is 42.1 Å². The number of ether oxygens (including phenoxy) is 1. The van der Waals surface area contributed by atoms with Gasteiger partial charge in [-0.2, -0.15) is 4.98 Å². The average Bonchev–Trinajstić information content (AvgIpc) is 3.57. The molecule has 12 heteroatoms. The molecule has 43 heavy (non-hydrogen) atoms. The molecule has 0 radical (unpaired) electrons. The first-order chi connectivity index (χ1) is 21.0. The number of carbonyl (C=O) groups is 2. The van der Waals surface area contributed by atoms with E-state index in [1.807, 2.05) is 13.1 Å². The molecule has 3 heterocycles. The number of fused-ring (bicyclic) bond motifs is 1. The van der Waals surface area contributed by atoms with E-state index in [-0.39, 0.29) is 11.8 Å². The van der Waals surface area contributed by atoms with Crippen LogP contribution in [0.3, 0.4) is 0 Å². The van der Waals surface area contributed by atoms with Crippen molar-refractivity contribution in [2.24, 2.45) is 0 Å². The summed E-state index contributed by atoms with van der Waals surface area (Å²) in [6.07, 6.45) is 8.27. The van der Waals surface area contributed by atoms with Crippen molar-refractivity contribution in [3.8, 4) is 5.75 Å². The number of anilines is 4. The van der Waals surface area contributed by atoms with Crippen molar-refractivity contribution in [3.05, 3.63) is 30.0 Å². The van der Waals surface area contributed by atoms with Crippen LogP contribution in [-0.2, 0) is 4.79 Å². The lowest BCUT2D eigenvalue weighted by molar-refractivity contribution is -0.117. The highest BCUT2D eigenvalue weighted by atomic mass is 16.5.